The molecular formula is C21H31FN2O2. The normalized spacial score (nSPS) is 20.0. The molecule has 1 fully saturated rings. The number of carbonyl (C=O) groups is 1. The van der Waals surface area contributed by atoms with Crippen molar-refractivity contribution in [1.29, 1.82) is 0 Å². The van der Waals surface area contributed by atoms with E-state index < -0.39 is 0 Å². The second kappa shape index (κ2) is 8.85. The molecule has 1 aromatic carbocycles. The van der Waals surface area contributed by atoms with Crippen molar-refractivity contribution in [3.63, 3.8) is 0 Å². The Hall–Kier alpha value is -1.62. The first kappa shape index (κ1) is 19.2. The molecule has 0 aromatic heterocycles. The maximum atomic E-state index is 13.6. The fourth-order valence-electron chi connectivity index (χ4n) is 4.14. The number of amides is 1. The average molecular weight is 362 g/mol. The van der Waals surface area contributed by atoms with Crippen LogP contribution in [0.2, 0.25) is 0 Å². The second-order valence-electron chi connectivity index (χ2n) is 7.90. The zero-order valence-electron chi connectivity index (χ0n) is 16.0. The summed E-state index contributed by atoms with van der Waals surface area (Å²) in [4.78, 5) is 16.5. The summed E-state index contributed by atoms with van der Waals surface area (Å²) in [5.41, 5.74) is 0.561. The Morgan fingerprint density at radius 3 is 2.77 bits per heavy atom. The molecule has 0 aliphatic carbocycles. The van der Waals surface area contributed by atoms with E-state index in [1.54, 1.807) is 11.0 Å². The summed E-state index contributed by atoms with van der Waals surface area (Å²) in [7, 11) is 0. The Balaban J connectivity index is 1.53. The molecule has 1 atom stereocenters. The molecule has 0 bridgehead atoms. The third kappa shape index (κ3) is 4.76. The van der Waals surface area contributed by atoms with Gasteiger partial charge in [0.2, 0.25) is 0 Å². The van der Waals surface area contributed by atoms with E-state index in [-0.39, 0.29) is 18.3 Å². The van der Waals surface area contributed by atoms with E-state index in [1.165, 1.54) is 44.2 Å². The molecule has 2 aliphatic heterocycles. The lowest BCUT2D eigenvalue weighted by molar-refractivity contribution is -0.121. The molecule has 0 radical (unpaired) electrons. The molecular weight excluding hydrogens is 331 g/mol. The minimum Gasteiger partial charge on any atom is -0.482 e. The highest BCUT2D eigenvalue weighted by atomic mass is 19.1. The molecule has 26 heavy (non-hydrogen) atoms. The van der Waals surface area contributed by atoms with Gasteiger partial charge in [-0.1, -0.05) is 33.1 Å². The molecule has 4 nitrogen and oxygen atoms in total. The van der Waals surface area contributed by atoms with Gasteiger partial charge in [0.1, 0.15) is 11.6 Å². The van der Waals surface area contributed by atoms with Crippen LogP contribution in [0.5, 0.6) is 5.75 Å². The van der Waals surface area contributed by atoms with Gasteiger partial charge in [0, 0.05) is 19.2 Å². The topological polar surface area (TPSA) is 32.8 Å². The number of anilines is 1. The molecule has 1 aromatic rings. The van der Waals surface area contributed by atoms with Gasteiger partial charge >= 0.3 is 0 Å². The van der Waals surface area contributed by atoms with Crippen LogP contribution >= 0.6 is 0 Å². The van der Waals surface area contributed by atoms with Gasteiger partial charge in [-0.2, -0.15) is 0 Å². The number of halogens is 1. The van der Waals surface area contributed by atoms with Crippen LogP contribution in [0.4, 0.5) is 10.1 Å². The maximum absolute atomic E-state index is 13.6. The Labute approximate surface area is 156 Å². The molecule has 5 heteroatoms. The van der Waals surface area contributed by atoms with Gasteiger partial charge in [-0.15, -0.1) is 0 Å². The van der Waals surface area contributed by atoms with Crippen molar-refractivity contribution >= 4 is 11.6 Å². The van der Waals surface area contributed by atoms with Crippen molar-refractivity contribution in [2.45, 2.75) is 46.0 Å². The van der Waals surface area contributed by atoms with Crippen molar-refractivity contribution in [3.05, 3.63) is 24.0 Å². The minimum atomic E-state index is -0.339. The SMILES string of the molecule is CCCCC1CCN(C[C@@H](C)CN2C(=O)COc3ccc(F)cc32)CC1. The van der Waals surface area contributed by atoms with Crippen LogP contribution in [0.1, 0.15) is 46.0 Å². The quantitative estimate of drug-likeness (QED) is 0.732. The van der Waals surface area contributed by atoms with Crippen molar-refractivity contribution in [2.24, 2.45) is 11.8 Å². The molecule has 0 unspecified atom stereocenters. The zero-order valence-corrected chi connectivity index (χ0v) is 16.0. The average Bonchev–Trinajstić information content (AvgIpc) is 2.63. The molecule has 144 valence electrons. The van der Waals surface area contributed by atoms with Crippen molar-refractivity contribution in [3.8, 4) is 5.75 Å². The lowest BCUT2D eigenvalue weighted by Gasteiger charge is -2.36. The number of ether oxygens (including phenoxy) is 1. The number of hydrogen-bond acceptors (Lipinski definition) is 3. The predicted molar refractivity (Wildman–Crippen MR) is 102 cm³/mol. The number of likely N-dealkylation sites (tertiary alicyclic amines) is 1. The van der Waals surface area contributed by atoms with E-state index in [2.05, 4.69) is 18.7 Å². The summed E-state index contributed by atoms with van der Waals surface area (Å²) in [5, 5.41) is 0. The summed E-state index contributed by atoms with van der Waals surface area (Å²) in [5.74, 6) is 1.38. The largest absolute Gasteiger partial charge is 0.482 e. The summed E-state index contributed by atoms with van der Waals surface area (Å²) in [6, 6.07) is 4.38. The van der Waals surface area contributed by atoms with Gasteiger partial charge in [-0.05, 0) is 49.9 Å². The lowest BCUT2D eigenvalue weighted by atomic mass is 9.91. The minimum absolute atomic E-state index is 0.0359. The Bertz CT molecular complexity index is 614. The Kier molecular flexibility index (Phi) is 6.52. The summed E-state index contributed by atoms with van der Waals surface area (Å²) in [6.07, 6.45) is 6.57. The van der Waals surface area contributed by atoms with Gasteiger partial charge in [0.15, 0.2) is 6.61 Å². The highest BCUT2D eigenvalue weighted by Crippen LogP contribution is 2.33. The highest BCUT2D eigenvalue weighted by Gasteiger charge is 2.28. The summed E-state index contributed by atoms with van der Waals surface area (Å²) < 4.78 is 19.1. The van der Waals surface area contributed by atoms with Crippen molar-refractivity contribution in [2.75, 3.05) is 37.7 Å². The van der Waals surface area contributed by atoms with Crippen LogP contribution in [0.3, 0.4) is 0 Å². The van der Waals surface area contributed by atoms with Gasteiger partial charge in [-0.25, -0.2) is 4.39 Å². The third-order valence-electron chi connectivity index (χ3n) is 5.60. The van der Waals surface area contributed by atoms with Crippen molar-refractivity contribution < 1.29 is 13.9 Å². The van der Waals surface area contributed by atoms with Crippen LogP contribution in [0.15, 0.2) is 18.2 Å². The van der Waals surface area contributed by atoms with Crippen molar-refractivity contribution in [1.82, 2.24) is 4.90 Å². The first-order chi connectivity index (χ1) is 12.6. The second-order valence-corrected chi connectivity index (χ2v) is 7.90. The van der Waals surface area contributed by atoms with E-state index in [0.717, 1.165) is 25.6 Å². The van der Waals surface area contributed by atoms with Crippen LogP contribution in [-0.2, 0) is 4.79 Å². The molecule has 1 saturated heterocycles. The number of rotatable bonds is 7. The smallest absolute Gasteiger partial charge is 0.265 e. The van der Waals surface area contributed by atoms with Gasteiger partial charge in [-0.3, -0.25) is 4.79 Å². The molecule has 2 aliphatic rings. The Morgan fingerprint density at radius 1 is 1.27 bits per heavy atom. The first-order valence-electron chi connectivity index (χ1n) is 10.0. The van der Waals surface area contributed by atoms with Crippen LogP contribution < -0.4 is 9.64 Å². The maximum Gasteiger partial charge on any atom is 0.265 e. The van der Waals surface area contributed by atoms with Gasteiger partial charge in [0.05, 0.1) is 5.69 Å². The van der Waals surface area contributed by atoms with Crippen LogP contribution in [0.25, 0.3) is 0 Å². The number of fused-ring (bicyclic) bond motifs is 1. The molecule has 1 amide bonds. The van der Waals surface area contributed by atoms with E-state index in [9.17, 15) is 9.18 Å². The standard InChI is InChI=1S/C21H31FN2O2/c1-3-4-5-17-8-10-23(11-9-17)13-16(2)14-24-19-12-18(22)6-7-20(19)26-15-21(24)25/h6-7,12,16-17H,3-5,8-11,13-15H2,1-2H3/t16-/m1/s1. The van der Waals surface area contributed by atoms with Crippen LogP contribution in [0, 0.1) is 17.7 Å². The number of nitrogens with zero attached hydrogens (tertiary/aromatic N) is 2. The summed E-state index contributed by atoms with van der Waals surface area (Å²) >= 11 is 0. The van der Waals surface area contributed by atoms with Gasteiger partial charge < -0.3 is 14.5 Å². The monoisotopic (exact) mass is 362 g/mol. The van der Waals surface area contributed by atoms with E-state index in [0.29, 0.717) is 23.9 Å². The number of benzene rings is 1. The predicted octanol–water partition coefficient (Wildman–Crippen LogP) is 4.09. The fraction of sp³-hybridized carbons (Fsp3) is 0.667. The number of unbranched alkanes of at least 4 members (excludes halogenated alkanes) is 1. The molecule has 0 saturated carbocycles. The Morgan fingerprint density at radius 2 is 2.04 bits per heavy atom. The van der Waals surface area contributed by atoms with Gasteiger partial charge in [0.25, 0.3) is 5.91 Å². The molecule has 3 rings (SSSR count). The number of piperidine rings is 1. The fourth-order valence-corrected chi connectivity index (χ4v) is 4.14. The summed E-state index contributed by atoms with van der Waals surface area (Å²) in [6.45, 7) is 8.36. The first-order valence-corrected chi connectivity index (χ1v) is 10.0. The van der Waals surface area contributed by atoms with E-state index in [4.69, 9.17) is 4.74 Å². The van der Waals surface area contributed by atoms with Crippen LogP contribution in [-0.4, -0.2) is 43.6 Å². The zero-order chi connectivity index (χ0) is 18.5. The molecule has 0 spiro atoms. The lowest BCUT2D eigenvalue weighted by Crippen LogP contribution is -2.44. The highest BCUT2D eigenvalue weighted by molar-refractivity contribution is 5.97. The third-order valence-corrected chi connectivity index (χ3v) is 5.60. The van der Waals surface area contributed by atoms with E-state index >= 15 is 0 Å². The number of hydrogen-bond donors (Lipinski definition) is 0. The molecule has 2 heterocycles. The number of carbonyl (C=O) groups excluding carboxylic acids is 1. The van der Waals surface area contributed by atoms with E-state index in [1.807, 2.05) is 0 Å². The molecule has 0 N–H and O–H groups in total.